The van der Waals surface area contributed by atoms with E-state index in [-0.39, 0.29) is 6.61 Å². The van der Waals surface area contributed by atoms with Gasteiger partial charge in [0.2, 0.25) is 0 Å². The number of hydrogen-bond acceptors (Lipinski definition) is 7. The molecule has 1 fully saturated rings. The Hall–Kier alpha value is -2.98. The van der Waals surface area contributed by atoms with E-state index < -0.39 is 11.7 Å². The Kier molecular flexibility index (Phi) is 7.59. The fourth-order valence-electron chi connectivity index (χ4n) is 3.36. The Bertz CT molecular complexity index is 923. The van der Waals surface area contributed by atoms with Crippen LogP contribution in [0, 0.1) is 0 Å². The normalized spacial score (nSPS) is 16.3. The van der Waals surface area contributed by atoms with E-state index in [2.05, 4.69) is 19.9 Å². The minimum absolute atomic E-state index is 0.0145. The smallest absolute Gasteiger partial charge is 0.404 e. The van der Waals surface area contributed by atoms with Gasteiger partial charge in [-0.05, 0) is 23.9 Å². The van der Waals surface area contributed by atoms with Crippen LogP contribution < -0.4 is 10.6 Å². The van der Waals surface area contributed by atoms with E-state index in [0.29, 0.717) is 43.3 Å². The van der Waals surface area contributed by atoms with Gasteiger partial charge in [-0.3, -0.25) is 14.9 Å². The quantitative estimate of drug-likeness (QED) is 0.650. The average molecular weight is 434 g/mol. The number of rotatable bonds is 7. The average Bonchev–Trinajstić information content (AvgIpc) is 2.78. The van der Waals surface area contributed by atoms with Gasteiger partial charge in [0.05, 0.1) is 18.7 Å². The number of piperazine rings is 1. The van der Waals surface area contributed by atoms with Gasteiger partial charge >= 0.3 is 6.18 Å². The maximum Gasteiger partial charge on any atom is 0.416 e. The molecule has 0 atom stereocenters. The van der Waals surface area contributed by atoms with Crippen LogP contribution >= 0.6 is 0 Å². The molecule has 3 rings (SSSR count). The standard InChI is InChI=1S/C21H25F3N6O/c22-21(23,24)18-3-1-2-17(12-18)19-20(28-5-4-27-19)30-9-7-29(8-10-30)15-16(13-25)14-26-6-11-31/h1-5,12-14,31H,6-11,15,25H2. The fraction of sp³-hybridized carbons (Fsp3) is 0.381. The van der Waals surface area contributed by atoms with Gasteiger partial charge in [0.1, 0.15) is 5.69 Å². The number of aliphatic hydroxyl groups is 1. The highest BCUT2D eigenvalue weighted by Gasteiger charge is 2.31. The van der Waals surface area contributed by atoms with Gasteiger partial charge in [-0.1, -0.05) is 12.1 Å². The summed E-state index contributed by atoms with van der Waals surface area (Å²) in [5.74, 6) is 0.570. The Balaban J connectivity index is 1.71. The van der Waals surface area contributed by atoms with Gasteiger partial charge in [-0.15, -0.1) is 0 Å². The van der Waals surface area contributed by atoms with E-state index in [1.807, 2.05) is 4.90 Å². The first kappa shape index (κ1) is 22.7. The molecule has 7 nitrogen and oxygen atoms in total. The predicted octanol–water partition coefficient (Wildman–Crippen LogP) is 2.19. The number of aliphatic imine (C=N–C) groups is 1. The number of benzene rings is 1. The summed E-state index contributed by atoms with van der Waals surface area (Å²) in [4.78, 5) is 17.1. The molecule has 2 heterocycles. The molecule has 31 heavy (non-hydrogen) atoms. The first-order valence-corrected chi connectivity index (χ1v) is 9.89. The molecule has 2 aromatic rings. The highest BCUT2D eigenvalue weighted by molar-refractivity contribution is 5.79. The minimum Gasteiger partial charge on any atom is -0.404 e. The topological polar surface area (TPSA) is 90.9 Å². The highest BCUT2D eigenvalue weighted by Crippen LogP contribution is 2.34. The molecule has 0 spiro atoms. The zero-order chi connectivity index (χ0) is 22.3. The van der Waals surface area contributed by atoms with Crippen LogP contribution in [0.15, 0.2) is 53.4 Å². The molecule has 0 amide bonds. The molecule has 1 aliphatic rings. The second kappa shape index (κ2) is 10.4. The molecule has 0 aliphatic carbocycles. The lowest BCUT2D eigenvalue weighted by molar-refractivity contribution is -0.137. The minimum atomic E-state index is -4.42. The number of nitrogens with two attached hydrogens (primary N) is 1. The largest absolute Gasteiger partial charge is 0.416 e. The number of aromatic nitrogens is 2. The van der Waals surface area contributed by atoms with Crippen LogP contribution in [0.25, 0.3) is 11.3 Å². The lowest BCUT2D eigenvalue weighted by Crippen LogP contribution is -2.47. The Morgan fingerprint density at radius 3 is 2.58 bits per heavy atom. The molecule has 166 valence electrons. The molecule has 0 unspecified atom stereocenters. The Morgan fingerprint density at radius 1 is 1.16 bits per heavy atom. The monoisotopic (exact) mass is 434 g/mol. The summed E-state index contributed by atoms with van der Waals surface area (Å²) in [6.45, 7) is 3.69. The molecule has 1 aromatic carbocycles. The van der Waals surface area contributed by atoms with Crippen molar-refractivity contribution in [2.24, 2.45) is 10.7 Å². The zero-order valence-electron chi connectivity index (χ0n) is 17.0. The number of hydrogen-bond donors (Lipinski definition) is 2. The van der Waals surface area contributed by atoms with E-state index in [1.54, 1.807) is 18.5 Å². The molecular weight excluding hydrogens is 409 g/mol. The molecule has 1 aliphatic heterocycles. The molecule has 0 saturated carbocycles. The van der Waals surface area contributed by atoms with Crippen LogP contribution in [-0.4, -0.2) is 72.1 Å². The summed E-state index contributed by atoms with van der Waals surface area (Å²) in [6, 6.07) is 5.15. The lowest BCUT2D eigenvalue weighted by Gasteiger charge is -2.36. The highest BCUT2D eigenvalue weighted by atomic mass is 19.4. The third-order valence-corrected chi connectivity index (χ3v) is 4.92. The van der Waals surface area contributed by atoms with Crippen LogP contribution in [0.2, 0.25) is 0 Å². The maximum absolute atomic E-state index is 13.1. The molecule has 1 aromatic heterocycles. The van der Waals surface area contributed by atoms with Crippen molar-refractivity contribution in [1.82, 2.24) is 14.9 Å². The van der Waals surface area contributed by atoms with E-state index in [9.17, 15) is 13.2 Å². The summed E-state index contributed by atoms with van der Waals surface area (Å²) in [7, 11) is 0. The second-order valence-corrected chi connectivity index (χ2v) is 7.07. The maximum atomic E-state index is 13.1. The third kappa shape index (κ3) is 6.02. The SMILES string of the molecule is NC=C(C=NCCO)CN1CCN(c2nccnc2-c2cccc(C(F)(F)F)c2)CC1. The summed E-state index contributed by atoms with van der Waals surface area (Å²) in [6.07, 6.45) is 1.78. The Morgan fingerprint density at radius 2 is 1.90 bits per heavy atom. The summed E-state index contributed by atoms with van der Waals surface area (Å²) in [5.41, 5.74) is 6.62. The molecule has 0 bridgehead atoms. The van der Waals surface area contributed by atoms with Crippen molar-refractivity contribution in [2.45, 2.75) is 6.18 Å². The van der Waals surface area contributed by atoms with Crippen molar-refractivity contribution in [1.29, 1.82) is 0 Å². The first-order chi connectivity index (χ1) is 14.9. The van der Waals surface area contributed by atoms with Crippen LogP contribution in [0.5, 0.6) is 0 Å². The molecule has 1 saturated heterocycles. The first-order valence-electron chi connectivity index (χ1n) is 9.89. The predicted molar refractivity (Wildman–Crippen MR) is 114 cm³/mol. The summed E-state index contributed by atoms with van der Waals surface area (Å²) >= 11 is 0. The molecular formula is C21H25F3N6O. The van der Waals surface area contributed by atoms with E-state index in [4.69, 9.17) is 10.8 Å². The van der Waals surface area contributed by atoms with E-state index in [1.165, 1.54) is 18.5 Å². The zero-order valence-corrected chi connectivity index (χ0v) is 17.0. The van der Waals surface area contributed by atoms with Gasteiger partial charge in [-0.2, -0.15) is 13.2 Å². The number of aliphatic hydroxyl groups excluding tert-OH is 1. The van der Waals surface area contributed by atoms with Gasteiger partial charge in [0.25, 0.3) is 0 Å². The number of nitrogens with zero attached hydrogens (tertiary/aromatic N) is 5. The number of anilines is 1. The summed E-state index contributed by atoms with van der Waals surface area (Å²) in [5, 5.41) is 8.82. The second-order valence-electron chi connectivity index (χ2n) is 7.07. The summed E-state index contributed by atoms with van der Waals surface area (Å²) < 4.78 is 39.4. The van der Waals surface area contributed by atoms with Crippen molar-refractivity contribution in [2.75, 3.05) is 50.8 Å². The van der Waals surface area contributed by atoms with E-state index >= 15 is 0 Å². The van der Waals surface area contributed by atoms with Gasteiger partial charge in [-0.25, -0.2) is 4.98 Å². The molecule has 10 heteroatoms. The van der Waals surface area contributed by atoms with Crippen molar-refractivity contribution in [3.8, 4) is 11.3 Å². The van der Waals surface area contributed by atoms with Crippen LogP contribution in [0.1, 0.15) is 5.56 Å². The Labute approximate surface area is 178 Å². The third-order valence-electron chi connectivity index (χ3n) is 4.92. The molecule has 3 N–H and O–H groups in total. The molecule has 0 radical (unpaired) electrons. The van der Waals surface area contributed by atoms with Gasteiger partial charge < -0.3 is 15.7 Å². The van der Waals surface area contributed by atoms with Gasteiger partial charge in [0, 0.05) is 56.9 Å². The van der Waals surface area contributed by atoms with Crippen molar-refractivity contribution in [3.63, 3.8) is 0 Å². The lowest BCUT2D eigenvalue weighted by atomic mass is 10.1. The number of alkyl halides is 3. The van der Waals surface area contributed by atoms with Crippen LogP contribution in [0.3, 0.4) is 0 Å². The van der Waals surface area contributed by atoms with Crippen LogP contribution in [0.4, 0.5) is 19.0 Å². The van der Waals surface area contributed by atoms with E-state index in [0.717, 1.165) is 30.8 Å². The number of halogens is 3. The van der Waals surface area contributed by atoms with Crippen LogP contribution in [-0.2, 0) is 6.18 Å². The van der Waals surface area contributed by atoms with Crippen molar-refractivity contribution < 1.29 is 18.3 Å². The fourth-order valence-corrected chi connectivity index (χ4v) is 3.36. The van der Waals surface area contributed by atoms with Crippen molar-refractivity contribution in [3.05, 3.63) is 54.0 Å². The van der Waals surface area contributed by atoms with Gasteiger partial charge in [0.15, 0.2) is 5.82 Å². The van der Waals surface area contributed by atoms with Crippen molar-refractivity contribution >= 4 is 12.0 Å².